The molecule has 1 aromatic carbocycles. The molecule has 4 nitrogen and oxygen atoms in total. The summed E-state index contributed by atoms with van der Waals surface area (Å²) in [6.07, 6.45) is 1.18. The van der Waals surface area contributed by atoms with Gasteiger partial charge in [-0.25, -0.2) is 0 Å². The summed E-state index contributed by atoms with van der Waals surface area (Å²) in [7, 11) is 0. The topological polar surface area (TPSA) is 55.2 Å². The molecule has 0 spiro atoms. The Morgan fingerprint density at radius 3 is 3.06 bits per heavy atom. The largest absolute Gasteiger partial charge is 0.309 e. The molecule has 1 heterocycles. The second-order valence-electron chi connectivity index (χ2n) is 4.28. The van der Waals surface area contributed by atoms with Crippen LogP contribution in [0.15, 0.2) is 24.3 Å². The van der Waals surface area contributed by atoms with E-state index >= 15 is 0 Å². The summed E-state index contributed by atoms with van der Waals surface area (Å²) in [5.74, 6) is 1.20. The zero-order chi connectivity index (χ0) is 12.3. The second kappa shape index (κ2) is 5.51. The first kappa shape index (κ1) is 12.4. The molecule has 1 fully saturated rings. The number of non-ortho nitro benzene ring substituents is 1. The Morgan fingerprint density at radius 1 is 1.59 bits per heavy atom. The van der Waals surface area contributed by atoms with Gasteiger partial charge in [0.2, 0.25) is 0 Å². The SMILES string of the molecule is CC1SCCC1NCc1cccc([N+](=O)[O-])c1. The van der Waals surface area contributed by atoms with Crippen molar-refractivity contribution in [2.45, 2.75) is 31.2 Å². The Morgan fingerprint density at radius 2 is 2.41 bits per heavy atom. The van der Waals surface area contributed by atoms with E-state index in [0.717, 1.165) is 5.56 Å². The van der Waals surface area contributed by atoms with Crippen LogP contribution in [0.5, 0.6) is 0 Å². The van der Waals surface area contributed by atoms with Gasteiger partial charge in [-0.2, -0.15) is 11.8 Å². The summed E-state index contributed by atoms with van der Waals surface area (Å²) >= 11 is 1.98. The molecule has 0 aromatic heterocycles. The summed E-state index contributed by atoms with van der Waals surface area (Å²) in [4.78, 5) is 10.3. The third kappa shape index (κ3) is 3.20. The van der Waals surface area contributed by atoms with Crippen LogP contribution in [-0.2, 0) is 6.54 Å². The normalized spacial score (nSPS) is 23.8. The van der Waals surface area contributed by atoms with Crippen molar-refractivity contribution in [3.63, 3.8) is 0 Å². The Hall–Kier alpha value is -1.07. The second-order valence-corrected chi connectivity index (χ2v) is 5.76. The van der Waals surface area contributed by atoms with Crippen LogP contribution >= 0.6 is 11.8 Å². The van der Waals surface area contributed by atoms with Crippen LogP contribution < -0.4 is 5.32 Å². The monoisotopic (exact) mass is 252 g/mol. The van der Waals surface area contributed by atoms with Crippen LogP contribution in [0.4, 0.5) is 5.69 Å². The molecule has 1 aromatic rings. The zero-order valence-electron chi connectivity index (χ0n) is 9.76. The summed E-state index contributed by atoms with van der Waals surface area (Å²) in [5, 5.41) is 14.8. The maximum Gasteiger partial charge on any atom is 0.269 e. The highest BCUT2D eigenvalue weighted by Crippen LogP contribution is 2.26. The molecule has 0 aliphatic carbocycles. The number of nitro benzene ring substituents is 1. The third-order valence-electron chi connectivity index (χ3n) is 3.07. The third-order valence-corrected chi connectivity index (χ3v) is 4.39. The molecule has 0 saturated carbocycles. The minimum Gasteiger partial charge on any atom is -0.309 e. The van der Waals surface area contributed by atoms with Gasteiger partial charge in [-0.15, -0.1) is 0 Å². The van der Waals surface area contributed by atoms with Crippen molar-refractivity contribution in [1.29, 1.82) is 0 Å². The lowest BCUT2D eigenvalue weighted by atomic mass is 10.1. The fourth-order valence-electron chi connectivity index (χ4n) is 2.03. The van der Waals surface area contributed by atoms with E-state index < -0.39 is 0 Å². The van der Waals surface area contributed by atoms with Gasteiger partial charge in [0.15, 0.2) is 0 Å². The van der Waals surface area contributed by atoms with Crippen molar-refractivity contribution < 1.29 is 4.92 Å². The maximum absolute atomic E-state index is 10.6. The van der Waals surface area contributed by atoms with Crippen molar-refractivity contribution in [2.24, 2.45) is 0 Å². The van der Waals surface area contributed by atoms with Crippen molar-refractivity contribution in [2.75, 3.05) is 5.75 Å². The quantitative estimate of drug-likeness (QED) is 0.661. The first-order chi connectivity index (χ1) is 8.16. The van der Waals surface area contributed by atoms with Crippen LogP contribution in [-0.4, -0.2) is 22.0 Å². The van der Waals surface area contributed by atoms with Crippen molar-refractivity contribution in [3.05, 3.63) is 39.9 Å². The number of thioether (sulfide) groups is 1. The van der Waals surface area contributed by atoms with E-state index in [1.165, 1.54) is 18.2 Å². The molecule has 0 amide bonds. The molecule has 92 valence electrons. The number of rotatable bonds is 4. The highest BCUT2D eigenvalue weighted by atomic mass is 32.2. The lowest BCUT2D eigenvalue weighted by Gasteiger charge is -2.16. The smallest absolute Gasteiger partial charge is 0.269 e. The fraction of sp³-hybridized carbons (Fsp3) is 0.500. The summed E-state index contributed by atoms with van der Waals surface area (Å²) in [6.45, 7) is 2.93. The number of hydrogen-bond donors (Lipinski definition) is 1. The zero-order valence-corrected chi connectivity index (χ0v) is 10.6. The predicted molar refractivity (Wildman–Crippen MR) is 70.3 cm³/mol. The summed E-state index contributed by atoms with van der Waals surface area (Å²) in [6, 6.07) is 7.35. The van der Waals surface area contributed by atoms with Gasteiger partial charge in [0.25, 0.3) is 5.69 Å². The van der Waals surface area contributed by atoms with E-state index in [0.29, 0.717) is 17.8 Å². The highest BCUT2D eigenvalue weighted by Gasteiger charge is 2.23. The number of hydrogen-bond acceptors (Lipinski definition) is 4. The van der Waals surface area contributed by atoms with E-state index in [1.807, 2.05) is 17.8 Å². The number of benzene rings is 1. The average Bonchev–Trinajstić information content (AvgIpc) is 2.72. The molecule has 1 N–H and O–H groups in total. The fourth-order valence-corrected chi connectivity index (χ4v) is 3.26. The van der Waals surface area contributed by atoms with E-state index in [9.17, 15) is 10.1 Å². The first-order valence-electron chi connectivity index (χ1n) is 5.75. The van der Waals surface area contributed by atoms with Gasteiger partial charge in [-0.05, 0) is 17.7 Å². The molecule has 1 aliphatic rings. The van der Waals surface area contributed by atoms with Crippen LogP contribution in [0.2, 0.25) is 0 Å². The summed E-state index contributed by atoms with van der Waals surface area (Å²) < 4.78 is 0. The maximum atomic E-state index is 10.6. The molecule has 1 saturated heterocycles. The van der Waals surface area contributed by atoms with Gasteiger partial charge in [0.1, 0.15) is 0 Å². The first-order valence-corrected chi connectivity index (χ1v) is 6.80. The molecular formula is C12H16N2O2S. The molecule has 2 atom stereocenters. The van der Waals surface area contributed by atoms with E-state index in [4.69, 9.17) is 0 Å². The number of nitrogens with zero attached hydrogens (tertiary/aromatic N) is 1. The van der Waals surface area contributed by atoms with E-state index in [1.54, 1.807) is 12.1 Å². The number of nitro groups is 1. The Labute approximate surface area is 105 Å². The molecule has 17 heavy (non-hydrogen) atoms. The standard InChI is InChI=1S/C12H16N2O2S/c1-9-12(5-6-17-9)13-8-10-3-2-4-11(7-10)14(15)16/h2-4,7,9,12-13H,5-6,8H2,1H3. The van der Waals surface area contributed by atoms with Gasteiger partial charge in [-0.1, -0.05) is 19.1 Å². The van der Waals surface area contributed by atoms with E-state index in [-0.39, 0.29) is 10.6 Å². The van der Waals surface area contributed by atoms with Gasteiger partial charge < -0.3 is 5.32 Å². The Balaban J connectivity index is 1.94. The average molecular weight is 252 g/mol. The van der Waals surface area contributed by atoms with Gasteiger partial charge in [0.05, 0.1) is 4.92 Å². The van der Waals surface area contributed by atoms with Gasteiger partial charge in [-0.3, -0.25) is 10.1 Å². The predicted octanol–water partition coefficient (Wildman–Crippen LogP) is 2.58. The van der Waals surface area contributed by atoms with Crippen LogP contribution in [0.3, 0.4) is 0 Å². The van der Waals surface area contributed by atoms with Crippen molar-refractivity contribution in [3.8, 4) is 0 Å². The van der Waals surface area contributed by atoms with Crippen molar-refractivity contribution in [1.82, 2.24) is 5.32 Å². The highest BCUT2D eigenvalue weighted by molar-refractivity contribution is 8.00. The van der Waals surface area contributed by atoms with Crippen LogP contribution in [0.1, 0.15) is 18.9 Å². The molecule has 0 radical (unpaired) electrons. The molecule has 1 aliphatic heterocycles. The lowest BCUT2D eigenvalue weighted by molar-refractivity contribution is -0.384. The van der Waals surface area contributed by atoms with Gasteiger partial charge >= 0.3 is 0 Å². The number of nitrogens with one attached hydrogen (secondary N) is 1. The van der Waals surface area contributed by atoms with Crippen LogP contribution in [0.25, 0.3) is 0 Å². The molecular weight excluding hydrogens is 236 g/mol. The Bertz CT molecular complexity index is 411. The minimum absolute atomic E-state index is 0.165. The van der Waals surface area contributed by atoms with E-state index in [2.05, 4.69) is 12.2 Å². The Kier molecular flexibility index (Phi) is 4.02. The molecule has 2 rings (SSSR count). The molecule has 0 bridgehead atoms. The summed E-state index contributed by atoms with van der Waals surface area (Å²) in [5.41, 5.74) is 1.14. The lowest BCUT2D eigenvalue weighted by Crippen LogP contribution is -2.32. The van der Waals surface area contributed by atoms with Gasteiger partial charge in [0, 0.05) is 30.0 Å². The molecule has 5 heteroatoms. The molecule has 2 unspecified atom stereocenters. The van der Waals surface area contributed by atoms with Crippen molar-refractivity contribution >= 4 is 17.4 Å². The minimum atomic E-state index is -0.350. The van der Waals surface area contributed by atoms with Crippen LogP contribution in [0, 0.1) is 10.1 Å².